The first kappa shape index (κ1) is 24.0. The van der Waals surface area contributed by atoms with Crippen LogP contribution >= 0.6 is 23.1 Å². The van der Waals surface area contributed by atoms with Crippen molar-refractivity contribution in [2.75, 3.05) is 17.3 Å². The zero-order valence-corrected chi connectivity index (χ0v) is 20.5. The number of carbonyl (C=O) groups is 1. The molecule has 9 nitrogen and oxygen atoms in total. The lowest BCUT2D eigenvalue weighted by atomic mass is 10.2. The van der Waals surface area contributed by atoms with Crippen molar-refractivity contribution in [3.8, 4) is 22.0 Å². The van der Waals surface area contributed by atoms with Crippen LogP contribution in [-0.2, 0) is 21.2 Å². The predicted molar refractivity (Wildman–Crippen MR) is 129 cm³/mol. The molecule has 0 aliphatic carbocycles. The highest BCUT2D eigenvalue weighted by Gasteiger charge is 2.16. The molecule has 0 fully saturated rings. The third kappa shape index (κ3) is 5.48. The summed E-state index contributed by atoms with van der Waals surface area (Å²) in [7, 11) is -3.28. The average Bonchev–Trinajstić information content (AvgIpc) is 3.44. The Morgan fingerprint density at radius 1 is 1.03 bits per heavy atom. The molecule has 13 heteroatoms. The predicted octanol–water partition coefficient (Wildman–Crippen LogP) is 3.76. The summed E-state index contributed by atoms with van der Waals surface area (Å²) in [4.78, 5) is 12.7. The summed E-state index contributed by atoms with van der Waals surface area (Å²) in [5.74, 6) is 0.0676. The number of hydrogen-bond donors (Lipinski definition) is 1. The van der Waals surface area contributed by atoms with Crippen LogP contribution in [-0.4, -0.2) is 51.3 Å². The van der Waals surface area contributed by atoms with Crippen molar-refractivity contribution >= 4 is 44.0 Å². The molecule has 176 valence electrons. The van der Waals surface area contributed by atoms with Crippen LogP contribution in [0.25, 0.3) is 22.0 Å². The van der Waals surface area contributed by atoms with Crippen LogP contribution < -0.4 is 5.32 Å². The number of anilines is 1. The fraction of sp³-hybridized carbons (Fsp3) is 0.190. The van der Waals surface area contributed by atoms with Crippen molar-refractivity contribution in [3.05, 3.63) is 54.3 Å². The molecule has 2 aromatic heterocycles. The van der Waals surface area contributed by atoms with Gasteiger partial charge in [0, 0.05) is 23.9 Å². The van der Waals surface area contributed by atoms with Crippen molar-refractivity contribution in [1.29, 1.82) is 0 Å². The lowest BCUT2D eigenvalue weighted by molar-refractivity contribution is -0.113. The molecule has 0 saturated heterocycles. The van der Waals surface area contributed by atoms with E-state index in [9.17, 15) is 17.6 Å². The second-order valence-corrected chi connectivity index (χ2v) is 11.0. The van der Waals surface area contributed by atoms with Crippen molar-refractivity contribution < 1.29 is 17.6 Å². The van der Waals surface area contributed by atoms with Crippen LogP contribution in [0.3, 0.4) is 0 Å². The van der Waals surface area contributed by atoms with Crippen LogP contribution in [0, 0.1) is 5.82 Å². The van der Waals surface area contributed by atoms with Crippen molar-refractivity contribution in [1.82, 2.24) is 25.0 Å². The van der Waals surface area contributed by atoms with Gasteiger partial charge in [0.25, 0.3) is 0 Å². The third-order valence-electron chi connectivity index (χ3n) is 4.67. The van der Waals surface area contributed by atoms with Crippen molar-refractivity contribution in [2.24, 2.45) is 0 Å². The number of aromatic nitrogens is 5. The Bertz CT molecular complexity index is 1420. The molecule has 0 radical (unpaired) electrons. The van der Waals surface area contributed by atoms with E-state index >= 15 is 0 Å². The molecule has 0 atom stereocenters. The highest BCUT2D eigenvalue weighted by atomic mass is 32.2. The summed E-state index contributed by atoms with van der Waals surface area (Å²) in [6.45, 7) is 2.52. The Morgan fingerprint density at radius 3 is 2.35 bits per heavy atom. The van der Waals surface area contributed by atoms with E-state index in [4.69, 9.17) is 0 Å². The summed E-state index contributed by atoms with van der Waals surface area (Å²) in [6.07, 6.45) is 1.14. The first-order valence-electron chi connectivity index (χ1n) is 10.0. The van der Waals surface area contributed by atoms with E-state index in [0.717, 1.165) is 11.8 Å². The molecule has 0 saturated carbocycles. The van der Waals surface area contributed by atoms with Crippen LogP contribution in [0.2, 0.25) is 0 Å². The Hall–Kier alpha value is -3.16. The van der Waals surface area contributed by atoms with Gasteiger partial charge in [0.1, 0.15) is 10.8 Å². The van der Waals surface area contributed by atoms with Crippen LogP contribution in [0.1, 0.15) is 6.92 Å². The van der Waals surface area contributed by atoms with Gasteiger partial charge >= 0.3 is 0 Å². The highest BCUT2D eigenvalue weighted by Crippen LogP contribution is 2.28. The lowest BCUT2D eigenvalue weighted by Gasteiger charge is -2.07. The number of benzene rings is 2. The Labute approximate surface area is 203 Å². The molecule has 0 bridgehead atoms. The number of carbonyl (C=O) groups excluding carboxylic acids is 1. The summed E-state index contributed by atoms with van der Waals surface area (Å²) in [5.41, 5.74) is 1.43. The van der Waals surface area contributed by atoms with Gasteiger partial charge in [-0.25, -0.2) is 12.8 Å². The molecule has 4 aromatic rings. The van der Waals surface area contributed by atoms with Gasteiger partial charge in [0.05, 0.1) is 10.6 Å². The first-order chi connectivity index (χ1) is 16.2. The summed E-state index contributed by atoms with van der Waals surface area (Å²) in [5, 5.41) is 20.6. The van der Waals surface area contributed by atoms with E-state index in [0.29, 0.717) is 33.2 Å². The third-order valence-corrected chi connectivity index (χ3v) is 7.65. The average molecular weight is 519 g/mol. The number of hydrogen-bond acceptors (Lipinski definition) is 9. The smallest absolute Gasteiger partial charge is 0.236 e. The van der Waals surface area contributed by atoms with E-state index in [2.05, 4.69) is 25.7 Å². The molecular formula is C21H19FN6O3S3. The van der Waals surface area contributed by atoms with Crippen LogP contribution in [0.5, 0.6) is 0 Å². The molecule has 2 aromatic carbocycles. The van der Waals surface area contributed by atoms with E-state index < -0.39 is 9.84 Å². The summed E-state index contributed by atoms with van der Waals surface area (Å²) in [6, 6.07) is 12.3. The second-order valence-electron chi connectivity index (χ2n) is 7.10. The Kier molecular flexibility index (Phi) is 7.05. The standard InChI is InChI=1S/C21H19FN6O3S3/c1-3-28-18(13-4-8-15(22)9-5-13)24-27-21(28)32-12-17(29)23-20-26-25-19(33-20)14-6-10-16(11-7-14)34(2,30)31/h4-11H,3,12H2,1-2H3,(H,23,26,29). The largest absolute Gasteiger partial charge is 0.302 e. The zero-order chi connectivity index (χ0) is 24.3. The number of nitrogens with zero attached hydrogens (tertiary/aromatic N) is 5. The molecule has 4 rings (SSSR count). The molecule has 34 heavy (non-hydrogen) atoms. The monoisotopic (exact) mass is 518 g/mol. The van der Waals surface area contributed by atoms with Gasteiger partial charge in [-0.15, -0.1) is 20.4 Å². The van der Waals surface area contributed by atoms with Gasteiger partial charge in [0.15, 0.2) is 20.8 Å². The second kappa shape index (κ2) is 9.99. The van der Waals surface area contributed by atoms with Crippen molar-refractivity contribution in [3.63, 3.8) is 0 Å². The van der Waals surface area contributed by atoms with Gasteiger partial charge in [0.2, 0.25) is 11.0 Å². The van der Waals surface area contributed by atoms with Crippen LogP contribution in [0.4, 0.5) is 9.52 Å². The van der Waals surface area contributed by atoms with E-state index in [1.165, 1.54) is 47.4 Å². The minimum atomic E-state index is -3.28. The zero-order valence-electron chi connectivity index (χ0n) is 18.1. The molecular weight excluding hydrogens is 499 g/mol. The maximum atomic E-state index is 13.2. The molecule has 0 aliphatic heterocycles. The van der Waals surface area contributed by atoms with Gasteiger partial charge in [-0.05, 0) is 43.3 Å². The minimum Gasteiger partial charge on any atom is -0.302 e. The Morgan fingerprint density at radius 2 is 1.71 bits per heavy atom. The molecule has 1 amide bonds. The number of sulfone groups is 1. The number of thioether (sulfide) groups is 1. The van der Waals surface area contributed by atoms with Gasteiger partial charge in [-0.1, -0.05) is 35.2 Å². The number of halogens is 1. The van der Waals surface area contributed by atoms with Gasteiger partial charge in [-0.2, -0.15) is 0 Å². The Balaban J connectivity index is 1.39. The van der Waals surface area contributed by atoms with E-state index in [1.807, 2.05) is 11.5 Å². The number of nitrogens with one attached hydrogen (secondary N) is 1. The van der Waals surface area contributed by atoms with Crippen molar-refractivity contribution in [2.45, 2.75) is 23.5 Å². The maximum Gasteiger partial charge on any atom is 0.236 e. The molecule has 0 aliphatic rings. The van der Waals surface area contributed by atoms with Crippen LogP contribution in [0.15, 0.2) is 58.6 Å². The van der Waals surface area contributed by atoms with Gasteiger partial charge in [-0.3, -0.25) is 10.1 Å². The SMILES string of the molecule is CCn1c(SCC(=O)Nc2nnc(-c3ccc(S(C)(=O)=O)cc3)s2)nnc1-c1ccc(F)cc1. The molecule has 0 unspecified atom stereocenters. The normalized spacial score (nSPS) is 11.5. The first-order valence-corrected chi connectivity index (χ1v) is 13.7. The topological polar surface area (TPSA) is 120 Å². The fourth-order valence-electron chi connectivity index (χ4n) is 3.01. The summed E-state index contributed by atoms with van der Waals surface area (Å²) < 4.78 is 38.3. The minimum absolute atomic E-state index is 0.0829. The fourth-order valence-corrected chi connectivity index (χ4v) is 5.21. The van der Waals surface area contributed by atoms with Gasteiger partial charge < -0.3 is 4.57 Å². The van der Waals surface area contributed by atoms with E-state index in [1.54, 1.807) is 24.3 Å². The molecule has 1 N–H and O–H groups in total. The maximum absolute atomic E-state index is 13.2. The number of amides is 1. The van der Waals surface area contributed by atoms with E-state index in [-0.39, 0.29) is 22.4 Å². The number of rotatable bonds is 8. The molecule has 0 spiro atoms. The highest BCUT2D eigenvalue weighted by molar-refractivity contribution is 7.99. The summed E-state index contributed by atoms with van der Waals surface area (Å²) >= 11 is 2.41. The molecule has 2 heterocycles. The quantitative estimate of drug-likeness (QED) is 0.350. The lowest BCUT2D eigenvalue weighted by Crippen LogP contribution is -2.14.